The molecule has 1 aromatic rings. The van der Waals surface area contributed by atoms with Crippen molar-refractivity contribution in [3.63, 3.8) is 0 Å². The van der Waals surface area contributed by atoms with Gasteiger partial charge in [-0.05, 0) is 45.7 Å². The van der Waals surface area contributed by atoms with E-state index in [0.29, 0.717) is 18.5 Å². The molecule has 0 aromatic heterocycles. The molecule has 3 nitrogen and oxygen atoms in total. The minimum atomic E-state index is -3.11. The lowest BCUT2D eigenvalue weighted by Crippen LogP contribution is -2.38. The van der Waals surface area contributed by atoms with Crippen molar-refractivity contribution in [2.75, 3.05) is 12.3 Å². The number of sulfone groups is 1. The molecule has 20 heavy (non-hydrogen) atoms. The molecule has 0 fully saturated rings. The van der Waals surface area contributed by atoms with Gasteiger partial charge in [-0.1, -0.05) is 18.2 Å². The molecule has 0 aliphatic carbocycles. The maximum atomic E-state index is 13.5. The lowest BCUT2D eigenvalue weighted by Gasteiger charge is -2.20. The molecular formula is C15H24FNO2S. The summed E-state index contributed by atoms with van der Waals surface area (Å²) in [6.45, 7) is 7.41. The van der Waals surface area contributed by atoms with Crippen molar-refractivity contribution in [1.82, 2.24) is 5.32 Å². The number of halogens is 1. The molecule has 0 aliphatic heterocycles. The summed E-state index contributed by atoms with van der Waals surface area (Å²) < 4.78 is 36.7. The van der Waals surface area contributed by atoms with E-state index >= 15 is 0 Å². The predicted molar refractivity (Wildman–Crippen MR) is 81.1 cm³/mol. The molecule has 5 heteroatoms. The van der Waals surface area contributed by atoms with E-state index in [9.17, 15) is 12.8 Å². The smallest absolute Gasteiger partial charge is 0.156 e. The second-order valence-electron chi connectivity index (χ2n) is 6.08. The minimum Gasteiger partial charge on any atom is -0.313 e. The second kappa shape index (κ2) is 6.68. The number of benzene rings is 1. The third kappa shape index (κ3) is 4.87. The molecule has 1 rings (SSSR count). The highest BCUT2D eigenvalue weighted by molar-refractivity contribution is 7.92. The number of hydrogen-bond donors (Lipinski definition) is 1. The van der Waals surface area contributed by atoms with Gasteiger partial charge in [-0.25, -0.2) is 12.8 Å². The van der Waals surface area contributed by atoms with E-state index in [1.54, 1.807) is 39.0 Å². The molecule has 1 atom stereocenters. The van der Waals surface area contributed by atoms with Gasteiger partial charge in [-0.3, -0.25) is 0 Å². The summed E-state index contributed by atoms with van der Waals surface area (Å²) in [5, 5.41) is 3.14. The zero-order valence-electron chi connectivity index (χ0n) is 12.6. The Labute approximate surface area is 121 Å². The Hall–Kier alpha value is -0.940. The van der Waals surface area contributed by atoms with Crippen molar-refractivity contribution in [2.45, 2.75) is 44.9 Å². The van der Waals surface area contributed by atoms with Crippen LogP contribution in [0.4, 0.5) is 4.39 Å². The average Bonchev–Trinajstić information content (AvgIpc) is 2.30. The fraction of sp³-hybridized carbons (Fsp3) is 0.600. The highest BCUT2D eigenvalue weighted by Gasteiger charge is 2.28. The van der Waals surface area contributed by atoms with Gasteiger partial charge in [-0.15, -0.1) is 0 Å². The van der Waals surface area contributed by atoms with Crippen LogP contribution in [0.15, 0.2) is 24.3 Å². The van der Waals surface area contributed by atoms with Crippen LogP contribution in [0.3, 0.4) is 0 Å². The third-order valence-electron chi connectivity index (χ3n) is 3.28. The van der Waals surface area contributed by atoms with Crippen LogP contribution < -0.4 is 5.32 Å². The van der Waals surface area contributed by atoms with Crippen molar-refractivity contribution in [3.8, 4) is 0 Å². The Morgan fingerprint density at radius 1 is 1.25 bits per heavy atom. The average molecular weight is 301 g/mol. The van der Waals surface area contributed by atoms with Crippen LogP contribution in [0.5, 0.6) is 0 Å². The first-order valence-corrected chi connectivity index (χ1v) is 8.48. The van der Waals surface area contributed by atoms with E-state index in [0.717, 1.165) is 0 Å². The first kappa shape index (κ1) is 17.1. The Morgan fingerprint density at radius 3 is 2.40 bits per heavy atom. The molecule has 0 bridgehead atoms. The molecule has 0 radical (unpaired) electrons. The maximum absolute atomic E-state index is 13.5. The van der Waals surface area contributed by atoms with E-state index in [1.165, 1.54) is 6.07 Å². The minimum absolute atomic E-state index is 0.0297. The molecule has 0 amide bonds. The summed E-state index contributed by atoms with van der Waals surface area (Å²) in [6, 6.07) is 6.68. The van der Waals surface area contributed by atoms with Crippen LogP contribution in [-0.2, 0) is 16.3 Å². The Kier molecular flexibility index (Phi) is 5.71. The third-order valence-corrected chi connectivity index (χ3v) is 5.89. The van der Waals surface area contributed by atoms with Crippen molar-refractivity contribution in [3.05, 3.63) is 35.6 Å². The van der Waals surface area contributed by atoms with E-state index in [1.807, 2.05) is 6.92 Å². The van der Waals surface area contributed by atoms with E-state index in [2.05, 4.69) is 5.32 Å². The van der Waals surface area contributed by atoms with Crippen LogP contribution in [-0.4, -0.2) is 31.5 Å². The second-order valence-corrected chi connectivity index (χ2v) is 8.94. The molecule has 0 heterocycles. The predicted octanol–water partition coefficient (Wildman–Crippen LogP) is 2.56. The van der Waals surface area contributed by atoms with Crippen LogP contribution >= 0.6 is 0 Å². The highest BCUT2D eigenvalue weighted by atomic mass is 32.2. The lowest BCUT2D eigenvalue weighted by molar-refractivity contribution is 0.527. The summed E-state index contributed by atoms with van der Waals surface area (Å²) in [7, 11) is -3.11. The summed E-state index contributed by atoms with van der Waals surface area (Å²) in [5.41, 5.74) is 0.645. The van der Waals surface area contributed by atoms with Gasteiger partial charge in [0, 0.05) is 12.6 Å². The van der Waals surface area contributed by atoms with Gasteiger partial charge in [-0.2, -0.15) is 0 Å². The zero-order chi connectivity index (χ0) is 15.4. The van der Waals surface area contributed by atoms with Gasteiger partial charge in [0.25, 0.3) is 0 Å². The van der Waals surface area contributed by atoms with E-state index in [4.69, 9.17) is 0 Å². The standard InChI is InChI=1S/C15H24FNO2S/c1-12(11-13-7-5-6-8-14(13)16)17-9-10-20(18,19)15(2,3)4/h5-8,12,17H,9-11H2,1-4H3. The molecule has 1 N–H and O–H groups in total. The molecular weight excluding hydrogens is 277 g/mol. The van der Waals surface area contributed by atoms with Gasteiger partial charge in [0.15, 0.2) is 9.84 Å². The van der Waals surface area contributed by atoms with Gasteiger partial charge in [0.05, 0.1) is 10.5 Å². The molecule has 0 aliphatic rings. The van der Waals surface area contributed by atoms with Crippen molar-refractivity contribution in [2.24, 2.45) is 0 Å². The largest absolute Gasteiger partial charge is 0.313 e. The first-order chi connectivity index (χ1) is 9.13. The quantitative estimate of drug-likeness (QED) is 0.878. The SMILES string of the molecule is CC(Cc1ccccc1F)NCCS(=O)(=O)C(C)(C)C. The fourth-order valence-corrected chi connectivity index (χ4v) is 2.81. The number of hydrogen-bond acceptors (Lipinski definition) is 3. The normalized spacial score (nSPS) is 14.2. The number of rotatable bonds is 6. The topological polar surface area (TPSA) is 46.2 Å². The summed E-state index contributed by atoms with van der Waals surface area (Å²) in [6.07, 6.45) is 0.544. The zero-order valence-corrected chi connectivity index (χ0v) is 13.4. The van der Waals surface area contributed by atoms with Crippen LogP contribution in [0.2, 0.25) is 0 Å². The summed E-state index contributed by atoms with van der Waals surface area (Å²) in [5.74, 6) is -0.124. The monoisotopic (exact) mass is 301 g/mol. The van der Waals surface area contributed by atoms with Gasteiger partial charge >= 0.3 is 0 Å². The Balaban J connectivity index is 2.46. The summed E-state index contributed by atoms with van der Waals surface area (Å²) in [4.78, 5) is 0. The Morgan fingerprint density at radius 2 is 1.85 bits per heavy atom. The molecule has 114 valence electrons. The Bertz CT molecular complexity index is 535. The highest BCUT2D eigenvalue weighted by Crippen LogP contribution is 2.15. The molecule has 0 saturated heterocycles. The lowest BCUT2D eigenvalue weighted by atomic mass is 10.1. The molecule has 0 spiro atoms. The van der Waals surface area contributed by atoms with Gasteiger partial charge in [0.2, 0.25) is 0 Å². The summed E-state index contributed by atoms with van der Waals surface area (Å²) >= 11 is 0. The molecule has 1 aromatic carbocycles. The first-order valence-electron chi connectivity index (χ1n) is 6.82. The maximum Gasteiger partial charge on any atom is 0.156 e. The van der Waals surface area contributed by atoms with Crippen LogP contribution in [0, 0.1) is 5.82 Å². The van der Waals surface area contributed by atoms with E-state index < -0.39 is 14.6 Å². The van der Waals surface area contributed by atoms with Crippen LogP contribution in [0.1, 0.15) is 33.3 Å². The molecule has 0 saturated carbocycles. The molecule has 1 unspecified atom stereocenters. The van der Waals surface area contributed by atoms with E-state index in [-0.39, 0.29) is 17.6 Å². The fourth-order valence-electron chi connectivity index (χ4n) is 1.81. The van der Waals surface area contributed by atoms with Gasteiger partial charge in [0.1, 0.15) is 5.82 Å². The number of nitrogens with one attached hydrogen (secondary N) is 1. The van der Waals surface area contributed by atoms with Crippen molar-refractivity contribution < 1.29 is 12.8 Å². The van der Waals surface area contributed by atoms with Gasteiger partial charge < -0.3 is 5.32 Å². The van der Waals surface area contributed by atoms with Crippen molar-refractivity contribution in [1.29, 1.82) is 0 Å². The van der Waals surface area contributed by atoms with Crippen molar-refractivity contribution >= 4 is 9.84 Å². The van der Waals surface area contributed by atoms with Crippen LogP contribution in [0.25, 0.3) is 0 Å².